The molecule has 0 aromatic heterocycles. The van der Waals surface area contributed by atoms with Crippen LogP contribution in [0.3, 0.4) is 0 Å². The van der Waals surface area contributed by atoms with E-state index in [9.17, 15) is 13.2 Å². The average Bonchev–Trinajstić information content (AvgIpc) is 3.21. The molecule has 1 aliphatic rings. The van der Waals surface area contributed by atoms with Crippen LogP contribution in [0.2, 0.25) is 0 Å². The van der Waals surface area contributed by atoms with E-state index in [2.05, 4.69) is 4.72 Å². The quantitative estimate of drug-likeness (QED) is 0.655. The van der Waals surface area contributed by atoms with Crippen LogP contribution >= 0.6 is 0 Å². The zero-order chi connectivity index (χ0) is 21.1. The lowest BCUT2D eigenvalue weighted by Crippen LogP contribution is -2.26. The van der Waals surface area contributed by atoms with E-state index in [4.69, 9.17) is 9.47 Å². The zero-order valence-corrected chi connectivity index (χ0v) is 17.1. The Labute approximate surface area is 174 Å². The van der Waals surface area contributed by atoms with Crippen LogP contribution in [0.1, 0.15) is 15.9 Å². The monoisotopic (exact) mass is 424 g/mol. The Morgan fingerprint density at radius 1 is 0.967 bits per heavy atom. The minimum Gasteiger partial charge on any atom is -0.454 e. The van der Waals surface area contributed by atoms with Crippen molar-refractivity contribution in [3.8, 4) is 11.5 Å². The second-order valence-electron chi connectivity index (χ2n) is 6.85. The van der Waals surface area contributed by atoms with Gasteiger partial charge in [0.15, 0.2) is 11.5 Å². The van der Waals surface area contributed by atoms with E-state index in [1.807, 2.05) is 18.2 Å². The third-order valence-electron chi connectivity index (χ3n) is 4.62. The predicted molar refractivity (Wildman–Crippen MR) is 112 cm³/mol. The number of carbonyl (C=O) groups is 1. The number of ether oxygens (including phenoxy) is 2. The molecule has 1 heterocycles. The predicted octanol–water partition coefficient (Wildman–Crippen LogP) is 3.49. The van der Waals surface area contributed by atoms with Crippen LogP contribution in [0.15, 0.2) is 77.7 Å². The van der Waals surface area contributed by atoms with Crippen molar-refractivity contribution in [1.82, 2.24) is 4.90 Å². The molecule has 1 N–H and O–H groups in total. The van der Waals surface area contributed by atoms with Crippen LogP contribution in [0.5, 0.6) is 11.5 Å². The van der Waals surface area contributed by atoms with E-state index in [1.165, 1.54) is 18.2 Å². The highest BCUT2D eigenvalue weighted by Gasteiger charge is 2.18. The standard InChI is InChI=1S/C22H20N2O5S/c1-24(14-16-10-11-20-21(12-16)29-15-28-20)22(25)17-6-5-7-18(13-17)23-30(26,27)19-8-3-2-4-9-19/h2-13,23H,14-15H2,1H3. The molecule has 1 amide bonds. The third-order valence-corrected chi connectivity index (χ3v) is 6.02. The number of hydrogen-bond acceptors (Lipinski definition) is 5. The number of hydrogen-bond donors (Lipinski definition) is 1. The van der Waals surface area contributed by atoms with Crippen molar-refractivity contribution in [2.24, 2.45) is 0 Å². The van der Waals surface area contributed by atoms with Gasteiger partial charge < -0.3 is 14.4 Å². The molecular formula is C22H20N2O5S. The minimum absolute atomic E-state index is 0.154. The molecule has 4 rings (SSSR count). The Balaban J connectivity index is 1.48. The largest absolute Gasteiger partial charge is 0.454 e. The van der Waals surface area contributed by atoms with Gasteiger partial charge in [0.25, 0.3) is 15.9 Å². The summed E-state index contributed by atoms with van der Waals surface area (Å²) in [5.74, 6) is 1.12. The van der Waals surface area contributed by atoms with E-state index in [-0.39, 0.29) is 17.6 Å². The summed E-state index contributed by atoms with van der Waals surface area (Å²) >= 11 is 0. The van der Waals surface area contributed by atoms with Gasteiger partial charge in [0.2, 0.25) is 6.79 Å². The van der Waals surface area contributed by atoms with Gasteiger partial charge in [-0.2, -0.15) is 0 Å². The first-order valence-corrected chi connectivity index (χ1v) is 10.7. The first kappa shape index (κ1) is 19.8. The molecule has 8 heteroatoms. The maximum atomic E-state index is 12.9. The van der Waals surface area contributed by atoms with Gasteiger partial charge in [0.1, 0.15) is 0 Å². The third kappa shape index (κ3) is 4.23. The zero-order valence-electron chi connectivity index (χ0n) is 16.2. The molecule has 0 atom stereocenters. The maximum Gasteiger partial charge on any atom is 0.261 e. The first-order chi connectivity index (χ1) is 14.4. The Morgan fingerprint density at radius 3 is 2.53 bits per heavy atom. The number of nitrogens with one attached hydrogen (secondary N) is 1. The SMILES string of the molecule is CN(Cc1ccc2c(c1)OCO2)C(=O)c1cccc(NS(=O)(=O)c2ccccc2)c1. The highest BCUT2D eigenvalue weighted by Crippen LogP contribution is 2.32. The van der Waals surface area contributed by atoms with Gasteiger partial charge in [-0.3, -0.25) is 9.52 Å². The van der Waals surface area contributed by atoms with E-state index in [0.29, 0.717) is 29.3 Å². The Bertz CT molecular complexity index is 1180. The van der Waals surface area contributed by atoms with Gasteiger partial charge >= 0.3 is 0 Å². The van der Waals surface area contributed by atoms with Crippen molar-refractivity contribution in [1.29, 1.82) is 0 Å². The molecule has 0 bridgehead atoms. The summed E-state index contributed by atoms with van der Waals surface area (Å²) in [7, 11) is -2.04. The summed E-state index contributed by atoms with van der Waals surface area (Å²) in [4.78, 5) is 14.6. The van der Waals surface area contributed by atoms with Gasteiger partial charge in [0.05, 0.1) is 4.90 Å². The number of amides is 1. The lowest BCUT2D eigenvalue weighted by Gasteiger charge is -2.18. The number of anilines is 1. The highest BCUT2D eigenvalue weighted by molar-refractivity contribution is 7.92. The summed E-state index contributed by atoms with van der Waals surface area (Å²) in [5, 5.41) is 0. The molecule has 0 saturated carbocycles. The van der Waals surface area contributed by atoms with Crippen LogP contribution < -0.4 is 14.2 Å². The Kier molecular flexibility index (Phi) is 5.33. The second-order valence-corrected chi connectivity index (χ2v) is 8.53. The number of rotatable bonds is 6. The summed E-state index contributed by atoms with van der Waals surface area (Å²) < 4.78 is 38.2. The average molecular weight is 424 g/mol. The lowest BCUT2D eigenvalue weighted by molar-refractivity contribution is 0.0785. The van der Waals surface area contributed by atoms with Crippen LogP contribution in [-0.4, -0.2) is 33.1 Å². The van der Waals surface area contributed by atoms with Gasteiger partial charge in [0, 0.05) is 24.8 Å². The second kappa shape index (κ2) is 8.08. The molecule has 30 heavy (non-hydrogen) atoms. The van der Waals surface area contributed by atoms with Crippen molar-refractivity contribution in [3.05, 3.63) is 83.9 Å². The molecule has 0 spiro atoms. The van der Waals surface area contributed by atoms with Gasteiger partial charge in [-0.05, 0) is 48.0 Å². The van der Waals surface area contributed by atoms with E-state index >= 15 is 0 Å². The van der Waals surface area contributed by atoms with E-state index < -0.39 is 10.0 Å². The molecule has 3 aromatic carbocycles. The van der Waals surface area contributed by atoms with Crippen LogP contribution in [0.4, 0.5) is 5.69 Å². The molecule has 0 saturated heterocycles. The van der Waals surface area contributed by atoms with Crippen molar-refractivity contribution in [2.75, 3.05) is 18.6 Å². The fourth-order valence-electron chi connectivity index (χ4n) is 3.13. The van der Waals surface area contributed by atoms with Crippen molar-refractivity contribution in [3.63, 3.8) is 0 Å². The number of benzene rings is 3. The molecule has 3 aromatic rings. The van der Waals surface area contributed by atoms with Crippen molar-refractivity contribution in [2.45, 2.75) is 11.4 Å². The van der Waals surface area contributed by atoms with Crippen LogP contribution in [0, 0.1) is 0 Å². The maximum absolute atomic E-state index is 12.9. The number of carbonyl (C=O) groups excluding carboxylic acids is 1. The minimum atomic E-state index is -3.73. The molecule has 7 nitrogen and oxygen atoms in total. The van der Waals surface area contributed by atoms with Crippen molar-refractivity contribution < 1.29 is 22.7 Å². The smallest absolute Gasteiger partial charge is 0.261 e. The number of sulfonamides is 1. The first-order valence-electron chi connectivity index (χ1n) is 9.24. The fraction of sp³-hybridized carbons (Fsp3) is 0.136. The Morgan fingerprint density at radius 2 is 1.73 bits per heavy atom. The van der Waals surface area contributed by atoms with Crippen LogP contribution in [0.25, 0.3) is 0 Å². The highest BCUT2D eigenvalue weighted by atomic mass is 32.2. The molecule has 0 radical (unpaired) electrons. The van der Waals surface area contributed by atoms with Gasteiger partial charge in [-0.25, -0.2) is 8.42 Å². The van der Waals surface area contributed by atoms with Crippen LogP contribution in [-0.2, 0) is 16.6 Å². The molecule has 0 fully saturated rings. The summed E-state index contributed by atoms with van der Waals surface area (Å²) in [6, 6.07) is 20.0. The van der Waals surface area contributed by atoms with E-state index in [1.54, 1.807) is 48.3 Å². The Hall–Kier alpha value is -3.52. The number of nitrogens with zero attached hydrogens (tertiary/aromatic N) is 1. The molecule has 0 unspecified atom stereocenters. The van der Waals surface area contributed by atoms with Crippen molar-refractivity contribution >= 4 is 21.6 Å². The summed E-state index contributed by atoms with van der Waals surface area (Å²) in [5.41, 5.74) is 1.60. The number of fused-ring (bicyclic) bond motifs is 1. The lowest BCUT2D eigenvalue weighted by atomic mass is 10.1. The molecule has 0 aliphatic carbocycles. The summed E-state index contributed by atoms with van der Waals surface area (Å²) in [6.45, 7) is 0.564. The van der Waals surface area contributed by atoms with Gasteiger partial charge in [-0.1, -0.05) is 30.3 Å². The summed E-state index contributed by atoms with van der Waals surface area (Å²) in [6.07, 6.45) is 0. The normalized spacial score (nSPS) is 12.4. The molecule has 1 aliphatic heterocycles. The molecule has 154 valence electrons. The van der Waals surface area contributed by atoms with E-state index in [0.717, 1.165) is 5.56 Å². The topological polar surface area (TPSA) is 84.9 Å². The molecular weight excluding hydrogens is 404 g/mol. The fourth-order valence-corrected chi connectivity index (χ4v) is 4.21. The van der Waals surface area contributed by atoms with Gasteiger partial charge in [-0.15, -0.1) is 0 Å².